The highest BCUT2D eigenvalue weighted by Crippen LogP contribution is 2.22. The van der Waals surface area contributed by atoms with Crippen molar-refractivity contribution in [2.75, 3.05) is 0 Å². The number of carboxylic acids is 1. The van der Waals surface area contributed by atoms with Crippen molar-refractivity contribution in [3.05, 3.63) is 41.9 Å². The van der Waals surface area contributed by atoms with Crippen LogP contribution in [0.15, 0.2) is 30.5 Å². The second kappa shape index (κ2) is 3.81. The Morgan fingerprint density at radius 2 is 2.25 bits per heavy atom. The summed E-state index contributed by atoms with van der Waals surface area (Å²) in [6.45, 7) is 0. The Bertz CT molecular complexity index is 584. The zero-order chi connectivity index (χ0) is 11.7. The highest BCUT2D eigenvalue weighted by atomic mass is 19.1. The average Bonchev–Trinajstić information content (AvgIpc) is 2.53. The molecule has 0 fully saturated rings. The molecule has 0 saturated carbocycles. The standard InChI is InChI=1S/C12H10FNO2/c1-14-7-8(2-5-12(15)16)10-4-3-9(13)6-11(10)14/h2-7H,1H3,(H,15,16)/b5-2+. The van der Waals surface area contributed by atoms with E-state index < -0.39 is 5.97 Å². The molecule has 3 nitrogen and oxygen atoms in total. The second-order valence-corrected chi connectivity index (χ2v) is 3.53. The van der Waals surface area contributed by atoms with E-state index in [1.165, 1.54) is 18.2 Å². The molecule has 16 heavy (non-hydrogen) atoms. The minimum Gasteiger partial charge on any atom is -0.478 e. The first-order chi connectivity index (χ1) is 7.58. The lowest BCUT2D eigenvalue weighted by molar-refractivity contribution is -0.131. The van der Waals surface area contributed by atoms with Crippen molar-refractivity contribution in [3.8, 4) is 0 Å². The van der Waals surface area contributed by atoms with Crippen LogP contribution in [0.5, 0.6) is 0 Å². The maximum atomic E-state index is 13.0. The quantitative estimate of drug-likeness (QED) is 0.788. The third-order valence-electron chi connectivity index (χ3n) is 2.39. The van der Waals surface area contributed by atoms with E-state index in [1.807, 2.05) is 0 Å². The van der Waals surface area contributed by atoms with Crippen molar-refractivity contribution >= 4 is 22.9 Å². The topological polar surface area (TPSA) is 42.2 Å². The van der Waals surface area contributed by atoms with E-state index in [2.05, 4.69) is 0 Å². The van der Waals surface area contributed by atoms with E-state index in [1.54, 1.807) is 23.9 Å². The number of carbonyl (C=O) groups is 1. The molecular formula is C12H10FNO2. The van der Waals surface area contributed by atoms with Gasteiger partial charge in [-0.15, -0.1) is 0 Å². The number of aromatic nitrogens is 1. The van der Waals surface area contributed by atoms with Gasteiger partial charge in [0.15, 0.2) is 0 Å². The van der Waals surface area contributed by atoms with Crippen molar-refractivity contribution in [2.45, 2.75) is 0 Å². The van der Waals surface area contributed by atoms with Crippen LogP contribution in [0.4, 0.5) is 4.39 Å². The molecule has 0 aliphatic heterocycles. The molecule has 1 aromatic heterocycles. The van der Waals surface area contributed by atoms with Gasteiger partial charge in [0.1, 0.15) is 5.82 Å². The molecule has 1 aromatic carbocycles. The van der Waals surface area contributed by atoms with Gasteiger partial charge in [0, 0.05) is 30.3 Å². The van der Waals surface area contributed by atoms with Crippen LogP contribution in [-0.4, -0.2) is 15.6 Å². The maximum absolute atomic E-state index is 13.0. The third-order valence-corrected chi connectivity index (χ3v) is 2.39. The van der Waals surface area contributed by atoms with Gasteiger partial charge in [-0.1, -0.05) is 0 Å². The van der Waals surface area contributed by atoms with Crippen molar-refractivity contribution in [3.63, 3.8) is 0 Å². The van der Waals surface area contributed by atoms with Crippen molar-refractivity contribution in [1.29, 1.82) is 0 Å². The minimum atomic E-state index is -1.00. The van der Waals surface area contributed by atoms with Crippen molar-refractivity contribution in [1.82, 2.24) is 4.57 Å². The number of benzene rings is 1. The number of hydrogen-bond acceptors (Lipinski definition) is 1. The summed E-state index contributed by atoms with van der Waals surface area (Å²) >= 11 is 0. The Hall–Kier alpha value is -2.10. The third kappa shape index (κ3) is 1.82. The first-order valence-electron chi connectivity index (χ1n) is 4.73. The first-order valence-corrected chi connectivity index (χ1v) is 4.73. The molecular weight excluding hydrogens is 209 g/mol. The predicted octanol–water partition coefficient (Wildman–Crippen LogP) is 2.42. The molecule has 1 heterocycles. The summed E-state index contributed by atoms with van der Waals surface area (Å²) in [6.07, 6.45) is 4.34. The van der Waals surface area contributed by atoms with Gasteiger partial charge in [-0.05, 0) is 24.3 Å². The van der Waals surface area contributed by atoms with E-state index in [4.69, 9.17) is 5.11 Å². The van der Waals surface area contributed by atoms with Gasteiger partial charge in [-0.25, -0.2) is 9.18 Å². The highest BCUT2D eigenvalue weighted by molar-refractivity contribution is 5.93. The Kier molecular flexibility index (Phi) is 2.48. The normalized spacial score (nSPS) is 11.4. The van der Waals surface area contributed by atoms with Crippen molar-refractivity contribution < 1.29 is 14.3 Å². The molecule has 4 heteroatoms. The van der Waals surface area contributed by atoms with E-state index in [-0.39, 0.29) is 5.82 Å². The SMILES string of the molecule is Cn1cc(/C=C/C(=O)O)c2ccc(F)cc21. The number of fused-ring (bicyclic) bond motifs is 1. The van der Waals surface area contributed by atoms with Gasteiger partial charge in [0.2, 0.25) is 0 Å². The van der Waals surface area contributed by atoms with Gasteiger partial charge in [0.25, 0.3) is 0 Å². The highest BCUT2D eigenvalue weighted by Gasteiger charge is 2.05. The van der Waals surface area contributed by atoms with Gasteiger partial charge in [-0.3, -0.25) is 0 Å². The molecule has 2 aromatic rings. The zero-order valence-electron chi connectivity index (χ0n) is 8.64. The molecule has 2 rings (SSSR count). The molecule has 0 amide bonds. The molecule has 82 valence electrons. The molecule has 0 spiro atoms. The van der Waals surface area contributed by atoms with Crippen LogP contribution < -0.4 is 0 Å². The summed E-state index contributed by atoms with van der Waals surface area (Å²) < 4.78 is 14.8. The number of hydrogen-bond donors (Lipinski definition) is 1. The van der Waals surface area contributed by atoms with Crippen LogP contribution in [0.1, 0.15) is 5.56 Å². The lowest BCUT2D eigenvalue weighted by Gasteiger charge is -1.95. The molecule has 0 radical (unpaired) electrons. The predicted molar refractivity (Wildman–Crippen MR) is 59.5 cm³/mol. The second-order valence-electron chi connectivity index (χ2n) is 3.53. The van der Waals surface area contributed by atoms with Crippen LogP contribution in [0.3, 0.4) is 0 Å². The molecule has 0 unspecified atom stereocenters. The summed E-state index contributed by atoms with van der Waals surface area (Å²) in [6, 6.07) is 4.43. The van der Waals surface area contributed by atoms with Crippen LogP contribution in [0.2, 0.25) is 0 Å². The van der Waals surface area contributed by atoms with Crippen LogP contribution in [0.25, 0.3) is 17.0 Å². The maximum Gasteiger partial charge on any atom is 0.328 e. The molecule has 0 aliphatic rings. The lowest BCUT2D eigenvalue weighted by Crippen LogP contribution is -1.85. The monoisotopic (exact) mass is 219 g/mol. The molecule has 0 saturated heterocycles. The first kappa shape index (κ1) is 10.4. The van der Waals surface area contributed by atoms with Gasteiger partial charge < -0.3 is 9.67 Å². The minimum absolute atomic E-state index is 0.303. The summed E-state index contributed by atoms with van der Waals surface area (Å²) in [7, 11) is 1.79. The average molecular weight is 219 g/mol. The fourth-order valence-corrected chi connectivity index (χ4v) is 1.68. The summed E-state index contributed by atoms with van der Waals surface area (Å²) in [5.41, 5.74) is 1.50. The van der Waals surface area contributed by atoms with Crippen molar-refractivity contribution in [2.24, 2.45) is 7.05 Å². The number of aliphatic carboxylic acids is 1. The van der Waals surface area contributed by atoms with Gasteiger partial charge in [-0.2, -0.15) is 0 Å². The Morgan fingerprint density at radius 3 is 2.94 bits per heavy atom. The fraction of sp³-hybridized carbons (Fsp3) is 0.0833. The van der Waals surface area contributed by atoms with Crippen LogP contribution in [0, 0.1) is 5.82 Å². The van der Waals surface area contributed by atoms with E-state index in [0.29, 0.717) is 0 Å². The van der Waals surface area contributed by atoms with E-state index >= 15 is 0 Å². The molecule has 0 atom stereocenters. The van der Waals surface area contributed by atoms with Crippen LogP contribution in [-0.2, 0) is 11.8 Å². The Balaban J connectivity index is 2.59. The van der Waals surface area contributed by atoms with E-state index in [0.717, 1.165) is 22.5 Å². The summed E-state index contributed by atoms with van der Waals surface area (Å²) in [5, 5.41) is 9.38. The summed E-state index contributed by atoms with van der Waals surface area (Å²) in [5.74, 6) is -1.30. The molecule has 1 N–H and O–H groups in total. The van der Waals surface area contributed by atoms with E-state index in [9.17, 15) is 9.18 Å². The number of halogens is 1. The lowest BCUT2D eigenvalue weighted by atomic mass is 10.1. The number of rotatable bonds is 2. The number of nitrogens with zero attached hydrogens (tertiary/aromatic N) is 1. The molecule has 0 aliphatic carbocycles. The number of aryl methyl sites for hydroxylation is 1. The zero-order valence-corrected chi connectivity index (χ0v) is 8.64. The van der Waals surface area contributed by atoms with Gasteiger partial charge in [0.05, 0.1) is 5.52 Å². The largest absolute Gasteiger partial charge is 0.478 e. The smallest absolute Gasteiger partial charge is 0.328 e. The summed E-state index contributed by atoms with van der Waals surface area (Å²) in [4.78, 5) is 10.4. The van der Waals surface area contributed by atoms with Gasteiger partial charge >= 0.3 is 5.97 Å². The fourth-order valence-electron chi connectivity index (χ4n) is 1.68. The Morgan fingerprint density at radius 1 is 1.50 bits per heavy atom. The number of carboxylic acid groups (broad SMARTS) is 1. The molecule has 0 bridgehead atoms. The van der Waals surface area contributed by atoms with Crippen LogP contribution >= 0.6 is 0 Å². The Labute approximate surface area is 91.4 Å².